The molecular formula is C15H21BrClN. The average Bonchev–Trinajstić information content (AvgIpc) is 2.35. The van der Waals surface area contributed by atoms with Crippen LogP contribution in [0.25, 0.3) is 0 Å². The minimum Gasteiger partial charge on any atom is -0.313 e. The van der Waals surface area contributed by atoms with Crippen LogP contribution in [-0.2, 0) is 0 Å². The molecule has 0 saturated heterocycles. The van der Waals surface area contributed by atoms with Crippen molar-refractivity contribution in [1.82, 2.24) is 5.32 Å². The van der Waals surface area contributed by atoms with Crippen LogP contribution in [-0.4, -0.2) is 7.05 Å². The number of hydrogen-bond donors (Lipinski definition) is 1. The van der Waals surface area contributed by atoms with Crippen LogP contribution in [0, 0.1) is 0 Å². The van der Waals surface area contributed by atoms with E-state index >= 15 is 0 Å². The van der Waals surface area contributed by atoms with Crippen molar-refractivity contribution < 1.29 is 0 Å². The van der Waals surface area contributed by atoms with Crippen LogP contribution in [0.15, 0.2) is 35.3 Å². The molecule has 0 aromatic heterocycles. The Hall–Kier alpha value is -0.310. The fourth-order valence-corrected chi connectivity index (χ4v) is 3.01. The van der Waals surface area contributed by atoms with Gasteiger partial charge in [0.25, 0.3) is 0 Å². The van der Waals surface area contributed by atoms with E-state index in [0.29, 0.717) is 6.04 Å². The second-order valence-corrected chi connectivity index (χ2v) is 5.72. The van der Waals surface area contributed by atoms with E-state index in [1.807, 2.05) is 25.3 Å². The van der Waals surface area contributed by atoms with E-state index in [9.17, 15) is 0 Å². The highest BCUT2D eigenvalue weighted by atomic mass is 79.9. The van der Waals surface area contributed by atoms with Gasteiger partial charge in [-0.3, -0.25) is 0 Å². The summed E-state index contributed by atoms with van der Waals surface area (Å²) in [5.41, 5.74) is 1.28. The van der Waals surface area contributed by atoms with Gasteiger partial charge in [-0.2, -0.15) is 0 Å². The Balaban J connectivity index is 2.52. The van der Waals surface area contributed by atoms with Gasteiger partial charge in [0.2, 0.25) is 0 Å². The van der Waals surface area contributed by atoms with E-state index in [0.717, 1.165) is 22.3 Å². The maximum atomic E-state index is 5.97. The molecule has 1 nitrogen and oxygen atoms in total. The van der Waals surface area contributed by atoms with Crippen molar-refractivity contribution in [3.8, 4) is 0 Å². The van der Waals surface area contributed by atoms with Crippen LogP contribution in [0.2, 0.25) is 5.02 Å². The lowest BCUT2D eigenvalue weighted by Crippen LogP contribution is -2.16. The normalized spacial score (nSPS) is 12.4. The Morgan fingerprint density at radius 3 is 2.78 bits per heavy atom. The van der Waals surface area contributed by atoms with Crippen LogP contribution in [0.1, 0.15) is 43.7 Å². The number of benzene rings is 1. The van der Waals surface area contributed by atoms with E-state index < -0.39 is 0 Å². The molecule has 1 aromatic rings. The van der Waals surface area contributed by atoms with Gasteiger partial charge in [0.05, 0.1) is 0 Å². The van der Waals surface area contributed by atoms with Crippen molar-refractivity contribution in [2.75, 3.05) is 7.05 Å². The molecule has 0 saturated carbocycles. The number of halogens is 2. The predicted molar refractivity (Wildman–Crippen MR) is 84.2 cm³/mol. The number of allylic oxidation sites excluding steroid dienone is 1. The van der Waals surface area contributed by atoms with Crippen molar-refractivity contribution in [1.29, 1.82) is 0 Å². The molecule has 1 unspecified atom stereocenters. The lowest BCUT2D eigenvalue weighted by molar-refractivity contribution is 0.506. The van der Waals surface area contributed by atoms with Crippen molar-refractivity contribution in [3.05, 3.63) is 45.9 Å². The zero-order valence-electron chi connectivity index (χ0n) is 10.9. The lowest BCUT2D eigenvalue weighted by Gasteiger charge is -2.18. The van der Waals surface area contributed by atoms with Gasteiger partial charge in [0.15, 0.2) is 0 Å². The van der Waals surface area contributed by atoms with Gasteiger partial charge in [-0.25, -0.2) is 0 Å². The van der Waals surface area contributed by atoms with E-state index in [1.165, 1.54) is 24.8 Å². The molecule has 0 heterocycles. The molecular weight excluding hydrogens is 310 g/mol. The fraction of sp³-hybridized carbons (Fsp3) is 0.467. The van der Waals surface area contributed by atoms with Crippen LogP contribution in [0.4, 0.5) is 0 Å². The summed E-state index contributed by atoms with van der Waals surface area (Å²) in [5, 5.41) is 4.15. The van der Waals surface area contributed by atoms with Crippen LogP contribution >= 0.6 is 27.5 Å². The second kappa shape index (κ2) is 8.73. The maximum absolute atomic E-state index is 5.97. The summed E-state index contributed by atoms with van der Waals surface area (Å²) < 4.78 is 1.08. The lowest BCUT2D eigenvalue weighted by atomic mass is 10.00. The number of rotatable bonds is 8. The summed E-state index contributed by atoms with van der Waals surface area (Å²) >= 11 is 9.55. The monoisotopic (exact) mass is 329 g/mol. The summed E-state index contributed by atoms with van der Waals surface area (Å²) in [4.78, 5) is 0. The van der Waals surface area contributed by atoms with Crippen molar-refractivity contribution in [3.63, 3.8) is 0 Å². The number of unbranched alkanes of at least 4 members (excludes halogenated alkanes) is 3. The van der Waals surface area contributed by atoms with Gasteiger partial charge in [-0.05, 0) is 44.0 Å². The standard InChI is InChI=1S/C15H21BrClN/c1-3-4-5-6-7-8-15(18-2)13-10-9-12(17)11-14(13)16/h3,9-11,15,18H,1,4-8H2,2H3. The molecule has 0 fully saturated rings. The highest BCUT2D eigenvalue weighted by molar-refractivity contribution is 9.10. The molecule has 0 radical (unpaired) electrons. The van der Waals surface area contributed by atoms with E-state index in [1.54, 1.807) is 0 Å². The smallest absolute Gasteiger partial charge is 0.0417 e. The number of hydrogen-bond acceptors (Lipinski definition) is 1. The molecule has 0 aliphatic heterocycles. The first-order chi connectivity index (χ1) is 8.69. The van der Waals surface area contributed by atoms with Gasteiger partial charge >= 0.3 is 0 Å². The Morgan fingerprint density at radius 1 is 1.39 bits per heavy atom. The zero-order chi connectivity index (χ0) is 13.4. The summed E-state index contributed by atoms with van der Waals surface area (Å²) in [6.45, 7) is 3.75. The first kappa shape index (κ1) is 15.7. The molecule has 0 bridgehead atoms. The summed E-state index contributed by atoms with van der Waals surface area (Å²) in [6, 6.07) is 6.39. The van der Waals surface area contributed by atoms with Gasteiger partial charge < -0.3 is 5.32 Å². The summed E-state index contributed by atoms with van der Waals surface area (Å²) in [6.07, 6.45) is 7.99. The molecule has 0 amide bonds. The maximum Gasteiger partial charge on any atom is 0.0417 e. The molecule has 1 rings (SSSR count). The highest BCUT2D eigenvalue weighted by Gasteiger charge is 2.12. The largest absolute Gasteiger partial charge is 0.313 e. The van der Waals surface area contributed by atoms with Crippen molar-refractivity contribution in [2.24, 2.45) is 0 Å². The first-order valence-electron chi connectivity index (χ1n) is 6.42. The van der Waals surface area contributed by atoms with Gasteiger partial charge in [0.1, 0.15) is 0 Å². The van der Waals surface area contributed by atoms with Gasteiger partial charge in [-0.1, -0.05) is 52.5 Å². The third kappa shape index (κ3) is 5.13. The Labute approximate surface area is 124 Å². The van der Waals surface area contributed by atoms with Crippen LogP contribution < -0.4 is 5.32 Å². The minimum absolute atomic E-state index is 0.389. The molecule has 18 heavy (non-hydrogen) atoms. The molecule has 1 aromatic carbocycles. The molecule has 1 atom stereocenters. The fourth-order valence-electron chi connectivity index (χ4n) is 2.05. The zero-order valence-corrected chi connectivity index (χ0v) is 13.2. The minimum atomic E-state index is 0.389. The SMILES string of the molecule is C=CCCCCCC(NC)c1ccc(Cl)cc1Br. The van der Waals surface area contributed by atoms with E-state index in [-0.39, 0.29) is 0 Å². The topological polar surface area (TPSA) is 12.0 Å². The summed E-state index contributed by atoms with van der Waals surface area (Å²) in [5.74, 6) is 0. The molecule has 0 aliphatic rings. The molecule has 0 aliphatic carbocycles. The quantitative estimate of drug-likeness (QED) is 0.490. The first-order valence-corrected chi connectivity index (χ1v) is 7.59. The van der Waals surface area contributed by atoms with Crippen molar-refractivity contribution in [2.45, 2.75) is 38.1 Å². The molecule has 100 valence electrons. The van der Waals surface area contributed by atoms with Gasteiger partial charge in [0, 0.05) is 15.5 Å². The van der Waals surface area contributed by atoms with E-state index in [2.05, 4.69) is 33.9 Å². The molecule has 0 spiro atoms. The van der Waals surface area contributed by atoms with Gasteiger partial charge in [-0.15, -0.1) is 6.58 Å². The molecule has 3 heteroatoms. The second-order valence-electron chi connectivity index (χ2n) is 4.43. The Morgan fingerprint density at radius 2 is 2.17 bits per heavy atom. The van der Waals surface area contributed by atoms with Crippen LogP contribution in [0.5, 0.6) is 0 Å². The van der Waals surface area contributed by atoms with E-state index in [4.69, 9.17) is 11.6 Å². The third-order valence-corrected chi connectivity index (χ3v) is 4.01. The molecule has 1 N–H and O–H groups in total. The predicted octanol–water partition coefficient (Wildman–Crippen LogP) is 5.50. The third-order valence-electron chi connectivity index (χ3n) is 3.09. The van der Waals surface area contributed by atoms with Crippen molar-refractivity contribution >= 4 is 27.5 Å². The number of nitrogens with one attached hydrogen (secondary N) is 1. The highest BCUT2D eigenvalue weighted by Crippen LogP contribution is 2.29. The average molecular weight is 331 g/mol. The summed E-state index contributed by atoms with van der Waals surface area (Å²) in [7, 11) is 2.01. The Bertz CT molecular complexity index is 379. The van der Waals surface area contributed by atoms with Crippen LogP contribution in [0.3, 0.4) is 0 Å². The Kier molecular flexibility index (Phi) is 7.64.